The van der Waals surface area contributed by atoms with E-state index in [1.807, 2.05) is 31.6 Å². The molecule has 2 aromatic heterocycles. The number of aryl methyl sites for hydroxylation is 1. The molecule has 1 fully saturated rings. The number of fused-ring (bicyclic) bond motifs is 1. The Labute approximate surface area is 142 Å². The van der Waals surface area contributed by atoms with Crippen LogP contribution in [0.25, 0.3) is 10.9 Å². The van der Waals surface area contributed by atoms with Crippen molar-refractivity contribution < 1.29 is 0 Å². The summed E-state index contributed by atoms with van der Waals surface area (Å²) in [6.07, 6.45) is 7.93. The van der Waals surface area contributed by atoms with Crippen LogP contribution in [0.4, 0.5) is 0 Å². The lowest BCUT2D eigenvalue weighted by molar-refractivity contribution is 0.203. The standard InChI is InChI=1S/C20H22N4/c1-15-12-21-13-20(23-15)17-6-9-24(10-7-17)14-16-4-5-19-18(11-16)3-2-8-22-19/h2-5,8,11-13,17H,6-7,9-10,14H2,1H3. The summed E-state index contributed by atoms with van der Waals surface area (Å²) in [5.74, 6) is 0.550. The van der Waals surface area contributed by atoms with Gasteiger partial charge in [-0.15, -0.1) is 0 Å². The second-order valence-electron chi connectivity index (χ2n) is 6.67. The zero-order valence-corrected chi connectivity index (χ0v) is 14.0. The normalized spacial score (nSPS) is 16.5. The quantitative estimate of drug-likeness (QED) is 0.738. The molecule has 122 valence electrons. The van der Waals surface area contributed by atoms with Gasteiger partial charge in [-0.05, 0) is 56.6 Å². The number of aromatic nitrogens is 3. The Morgan fingerprint density at radius 3 is 2.83 bits per heavy atom. The molecule has 3 aromatic rings. The van der Waals surface area contributed by atoms with E-state index in [-0.39, 0.29) is 0 Å². The largest absolute Gasteiger partial charge is 0.299 e. The van der Waals surface area contributed by atoms with Gasteiger partial charge in [-0.3, -0.25) is 19.9 Å². The van der Waals surface area contributed by atoms with Crippen LogP contribution in [0.15, 0.2) is 48.9 Å². The SMILES string of the molecule is Cc1cncc(C2CCN(Cc3ccc4ncccc4c3)CC2)n1. The first-order valence-electron chi connectivity index (χ1n) is 8.62. The van der Waals surface area contributed by atoms with E-state index in [9.17, 15) is 0 Å². The average molecular weight is 318 g/mol. The monoisotopic (exact) mass is 318 g/mol. The van der Waals surface area contributed by atoms with E-state index in [0.717, 1.165) is 49.4 Å². The van der Waals surface area contributed by atoms with Gasteiger partial charge in [0.1, 0.15) is 0 Å². The summed E-state index contributed by atoms with van der Waals surface area (Å²) in [7, 11) is 0. The molecule has 1 aliphatic rings. The highest BCUT2D eigenvalue weighted by Gasteiger charge is 2.22. The summed E-state index contributed by atoms with van der Waals surface area (Å²) in [5, 5.41) is 1.22. The number of hydrogen-bond acceptors (Lipinski definition) is 4. The van der Waals surface area contributed by atoms with Gasteiger partial charge in [0.05, 0.1) is 16.9 Å². The summed E-state index contributed by atoms with van der Waals surface area (Å²) in [6, 6.07) is 10.7. The van der Waals surface area contributed by atoms with Crippen LogP contribution in [0.3, 0.4) is 0 Å². The highest BCUT2D eigenvalue weighted by molar-refractivity contribution is 5.78. The maximum Gasteiger partial charge on any atom is 0.0702 e. The molecule has 24 heavy (non-hydrogen) atoms. The van der Waals surface area contributed by atoms with Gasteiger partial charge in [0.25, 0.3) is 0 Å². The fourth-order valence-corrected chi connectivity index (χ4v) is 3.55. The molecule has 3 heterocycles. The number of piperidine rings is 1. The highest BCUT2D eigenvalue weighted by atomic mass is 15.1. The van der Waals surface area contributed by atoms with Crippen LogP contribution < -0.4 is 0 Å². The van der Waals surface area contributed by atoms with Gasteiger partial charge < -0.3 is 0 Å². The molecule has 1 aromatic carbocycles. The van der Waals surface area contributed by atoms with E-state index >= 15 is 0 Å². The average Bonchev–Trinajstić information content (AvgIpc) is 2.62. The maximum absolute atomic E-state index is 4.65. The third-order valence-electron chi connectivity index (χ3n) is 4.85. The Bertz CT molecular complexity index is 838. The minimum atomic E-state index is 0.550. The second kappa shape index (κ2) is 6.65. The van der Waals surface area contributed by atoms with Crippen molar-refractivity contribution >= 4 is 10.9 Å². The molecule has 0 saturated carbocycles. The van der Waals surface area contributed by atoms with Crippen LogP contribution in [0, 0.1) is 6.92 Å². The van der Waals surface area contributed by atoms with Gasteiger partial charge in [0.15, 0.2) is 0 Å². The Balaban J connectivity index is 1.40. The molecule has 1 aliphatic heterocycles. The molecule has 4 heteroatoms. The lowest BCUT2D eigenvalue weighted by atomic mass is 9.93. The molecule has 0 aliphatic carbocycles. The summed E-state index contributed by atoms with van der Waals surface area (Å²) in [5.41, 5.74) is 4.61. The van der Waals surface area contributed by atoms with Crippen molar-refractivity contribution in [1.29, 1.82) is 0 Å². The van der Waals surface area contributed by atoms with Crippen molar-refractivity contribution in [3.8, 4) is 0 Å². The van der Waals surface area contributed by atoms with Crippen LogP contribution in [-0.2, 0) is 6.54 Å². The fraction of sp³-hybridized carbons (Fsp3) is 0.350. The molecule has 0 unspecified atom stereocenters. The topological polar surface area (TPSA) is 41.9 Å². The van der Waals surface area contributed by atoms with Gasteiger partial charge in [-0.2, -0.15) is 0 Å². The second-order valence-corrected chi connectivity index (χ2v) is 6.67. The first kappa shape index (κ1) is 15.2. The minimum absolute atomic E-state index is 0.550. The van der Waals surface area contributed by atoms with E-state index in [2.05, 4.69) is 44.1 Å². The highest BCUT2D eigenvalue weighted by Crippen LogP contribution is 2.27. The lowest BCUT2D eigenvalue weighted by Gasteiger charge is -2.31. The predicted molar refractivity (Wildman–Crippen MR) is 95.8 cm³/mol. The van der Waals surface area contributed by atoms with E-state index in [1.165, 1.54) is 10.9 Å². The van der Waals surface area contributed by atoms with Gasteiger partial charge >= 0.3 is 0 Å². The van der Waals surface area contributed by atoms with Crippen molar-refractivity contribution in [2.45, 2.75) is 32.2 Å². The summed E-state index contributed by atoms with van der Waals surface area (Å²) < 4.78 is 0. The van der Waals surface area contributed by atoms with Gasteiger partial charge in [-0.25, -0.2) is 0 Å². The molecule has 0 atom stereocenters. The number of rotatable bonds is 3. The van der Waals surface area contributed by atoms with Crippen LogP contribution in [-0.4, -0.2) is 32.9 Å². The van der Waals surface area contributed by atoms with Crippen molar-refractivity contribution in [3.63, 3.8) is 0 Å². The summed E-state index contributed by atoms with van der Waals surface area (Å²) in [4.78, 5) is 15.9. The Kier molecular flexibility index (Phi) is 4.22. The number of pyridine rings is 1. The number of benzene rings is 1. The van der Waals surface area contributed by atoms with Gasteiger partial charge in [0.2, 0.25) is 0 Å². The van der Waals surface area contributed by atoms with Gasteiger partial charge in [-0.1, -0.05) is 12.1 Å². The van der Waals surface area contributed by atoms with E-state index in [4.69, 9.17) is 0 Å². The maximum atomic E-state index is 4.65. The first-order chi connectivity index (χ1) is 11.8. The van der Waals surface area contributed by atoms with Crippen LogP contribution in [0.1, 0.15) is 35.7 Å². The third kappa shape index (κ3) is 3.29. The number of hydrogen-bond donors (Lipinski definition) is 0. The van der Waals surface area contributed by atoms with Crippen LogP contribution in [0.2, 0.25) is 0 Å². The van der Waals surface area contributed by atoms with Crippen molar-refractivity contribution in [3.05, 3.63) is 65.9 Å². The third-order valence-corrected chi connectivity index (χ3v) is 4.85. The van der Waals surface area contributed by atoms with E-state index in [1.54, 1.807) is 0 Å². The summed E-state index contributed by atoms with van der Waals surface area (Å²) in [6.45, 7) is 5.26. The molecular formula is C20H22N4. The molecule has 4 nitrogen and oxygen atoms in total. The smallest absolute Gasteiger partial charge is 0.0702 e. The Hall–Kier alpha value is -2.33. The lowest BCUT2D eigenvalue weighted by Crippen LogP contribution is -2.32. The Morgan fingerprint density at radius 1 is 1.12 bits per heavy atom. The summed E-state index contributed by atoms with van der Waals surface area (Å²) >= 11 is 0. The molecule has 0 amide bonds. The molecule has 0 N–H and O–H groups in total. The molecule has 1 saturated heterocycles. The zero-order chi connectivity index (χ0) is 16.4. The number of likely N-dealkylation sites (tertiary alicyclic amines) is 1. The molecule has 4 rings (SSSR count). The molecule has 0 spiro atoms. The van der Waals surface area contributed by atoms with Crippen molar-refractivity contribution in [2.75, 3.05) is 13.1 Å². The molecule has 0 radical (unpaired) electrons. The molecular weight excluding hydrogens is 296 g/mol. The minimum Gasteiger partial charge on any atom is -0.299 e. The van der Waals surface area contributed by atoms with Crippen molar-refractivity contribution in [2.24, 2.45) is 0 Å². The van der Waals surface area contributed by atoms with Gasteiger partial charge in [0, 0.05) is 36.4 Å². The van der Waals surface area contributed by atoms with E-state index in [0.29, 0.717) is 5.92 Å². The zero-order valence-electron chi connectivity index (χ0n) is 14.0. The number of nitrogens with zero attached hydrogens (tertiary/aromatic N) is 4. The van der Waals surface area contributed by atoms with Crippen LogP contribution >= 0.6 is 0 Å². The Morgan fingerprint density at radius 2 is 2.00 bits per heavy atom. The predicted octanol–water partition coefficient (Wildman–Crippen LogP) is 3.71. The van der Waals surface area contributed by atoms with Crippen molar-refractivity contribution in [1.82, 2.24) is 19.9 Å². The first-order valence-corrected chi connectivity index (χ1v) is 8.62. The fourth-order valence-electron chi connectivity index (χ4n) is 3.55. The molecule has 0 bridgehead atoms. The van der Waals surface area contributed by atoms with E-state index < -0.39 is 0 Å². The van der Waals surface area contributed by atoms with Crippen LogP contribution in [0.5, 0.6) is 0 Å².